The Kier molecular flexibility index (Phi) is 7.25. The van der Waals surface area contributed by atoms with Gasteiger partial charge in [-0.25, -0.2) is 31.7 Å². The molecule has 10 nitrogen and oxygen atoms in total. The van der Waals surface area contributed by atoms with E-state index in [1.807, 2.05) is 0 Å². The van der Waals surface area contributed by atoms with Gasteiger partial charge < -0.3 is 10.6 Å². The molecule has 6 rings (SSSR count). The summed E-state index contributed by atoms with van der Waals surface area (Å²) in [6.07, 6.45) is 1.55. The van der Waals surface area contributed by atoms with Crippen LogP contribution in [0.3, 0.4) is 0 Å². The number of para-hydroxylation sites is 1. The first-order valence-electron chi connectivity index (χ1n) is 13.5. The molecule has 1 aliphatic heterocycles. The molecule has 0 unspecified atom stereocenters. The molecule has 2 aromatic heterocycles. The van der Waals surface area contributed by atoms with Crippen LogP contribution in [0.2, 0.25) is 0 Å². The lowest BCUT2D eigenvalue weighted by molar-refractivity contribution is -0.117. The summed E-state index contributed by atoms with van der Waals surface area (Å²) in [7, 11) is -3.70. The molecule has 0 aliphatic carbocycles. The summed E-state index contributed by atoms with van der Waals surface area (Å²) in [5.41, 5.74) is 1.37. The maximum Gasteiger partial charge on any atom is 0.269 e. The van der Waals surface area contributed by atoms with Crippen LogP contribution in [-0.4, -0.2) is 52.5 Å². The SMILES string of the molecule is CCS(=O)(=O)c1ccc(-c2nn3cc(C)cnc3c2C(=O)N[C@H]2N=C(c3ccccc3)c3cccc(F)c3NC2=O)c(F)c1. The predicted molar refractivity (Wildman–Crippen MR) is 159 cm³/mol. The largest absolute Gasteiger partial charge is 0.322 e. The van der Waals surface area contributed by atoms with Gasteiger partial charge in [-0.1, -0.05) is 49.4 Å². The fourth-order valence-electron chi connectivity index (χ4n) is 4.89. The highest BCUT2D eigenvalue weighted by Crippen LogP contribution is 2.31. The Morgan fingerprint density at radius 3 is 2.52 bits per heavy atom. The molecule has 44 heavy (non-hydrogen) atoms. The molecule has 3 aromatic carbocycles. The fraction of sp³-hybridized carbons (Fsp3) is 0.129. The number of sulfone groups is 1. The molecule has 0 spiro atoms. The van der Waals surface area contributed by atoms with Gasteiger partial charge in [-0.05, 0) is 36.8 Å². The Morgan fingerprint density at radius 1 is 1.02 bits per heavy atom. The summed E-state index contributed by atoms with van der Waals surface area (Å²) in [6, 6.07) is 16.4. The molecule has 0 saturated carbocycles. The van der Waals surface area contributed by atoms with E-state index in [4.69, 9.17) is 0 Å². The van der Waals surface area contributed by atoms with Gasteiger partial charge in [-0.2, -0.15) is 5.10 Å². The number of hydrogen-bond donors (Lipinski definition) is 2. The Hall–Kier alpha value is -5.30. The Balaban J connectivity index is 1.46. The summed E-state index contributed by atoms with van der Waals surface area (Å²) in [5.74, 6) is -3.49. The van der Waals surface area contributed by atoms with Crippen LogP contribution in [0.15, 0.2) is 89.0 Å². The molecular weight excluding hydrogens is 590 g/mol. The molecule has 13 heteroatoms. The minimum Gasteiger partial charge on any atom is -0.322 e. The number of carbonyl (C=O) groups is 2. The summed E-state index contributed by atoms with van der Waals surface area (Å²) >= 11 is 0. The normalized spacial score (nSPS) is 14.9. The van der Waals surface area contributed by atoms with E-state index in [9.17, 15) is 22.4 Å². The first kappa shape index (κ1) is 28.8. The van der Waals surface area contributed by atoms with E-state index in [-0.39, 0.29) is 44.5 Å². The zero-order valence-corrected chi connectivity index (χ0v) is 24.2. The third-order valence-corrected chi connectivity index (χ3v) is 8.83. The van der Waals surface area contributed by atoms with Crippen LogP contribution in [0.4, 0.5) is 14.5 Å². The number of aryl methyl sites for hydroxylation is 1. The van der Waals surface area contributed by atoms with Crippen LogP contribution >= 0.6 is 0 Å². The highest BCUT2D eigenvalue weighted by molar-refractivity contribution is 7.91. The number of aliphatic imine (C=N–C) groups is 1. The van der Waals surface area contributed by atoms with E-state index in [0.29, 0.717) is 16.7 Å². The van der Waals surface area contributed by atoms with E-state index in [1.165, 1.54) is 41.9 Å². The predicted octanol–water partition coefficient (Wildman–Crippen LogP) is 4.32. The number of rotatable bonds is 6. The summed E-state index contributed by atoms with van der Waals surface area (Å²) in [4.78, 5) is 35.9. The topological polar surface area (TPSA) is 135 Å². The number of nitrogens with one attached hydrogen (secondary N) is 2. The third kappa shape index (κ3) is 5.11. The third-order valence-electron chi connectivity index (χ3n) is 7.10. The van der Waals surface area contributed by atoms with Gasteiger partial charge in [-0.3, -0.25) is 9.59 Å². The molecule has 1 aliphatic rings. The maximum absolute atomic E-state index is 15.5. The maximum atomic E-state index is 15.5. The number of hydrogen-bond acceptors (Lipinski definition) is 7. The Bertz CT molecular complexity index is 2110. The van der Waals surface area contributed by atoms with Gasteiger partial charge in [0.1, 0.15) is 22.9 Å². The highest BCUT2D eigenvalue weighted by Gasteiger charge is 2.32. The van der Waals surface area contributed by atoms with Crippen molar-refractivity contribution in [2.24, 2.45) is 4.99 Å². The van der Waals surface area contributed by atoms with Gasteiger partial charge in [-0.15, -0.1) is 0 Å². The molecule has 0 radical (unpaired) electrons. The van der Waals surface area contributed by atoms with Crippen LogP contribution in [0.1, 0.15) is 34.0 Å². The van der Waals surface area contributed by atoms with Crippen molar-refractivity contribution >= 4 is 38.7 Å². The number of amides is 2. The summed E-state index contributed by atoms with van der Waals surface area (Å²) in [5, 5.41) is 9.49. The quantitative estimate of drug-likeness (QED) is 0.293. The van der Waals surface area contributed by atoms with Crippen molar-refractivity contribution < 1.29 is 26.8 Å². The van der Waals surface area contributed by atoms with Gasteiger partial charge in [0.15, 0.2) is 15.5 Å². The molecule has 3 heterocycles. The smallest absolute Gasteiger partial charge is 0.269 e. The number of nitrogens with zero attached hydrogens (tertiary/aromatic N) is 4. The second-order valence-electron chi connectivity index (χ2n) is 10.0. The molecule has 2 N–H and O–H groups in total. The fourth-order valence-corrected chi connectivity index (χ4v) is 5.78. The van der Waals surface area contributed by atoms with Gasteiger partial charge in [0, 0.05) is 29.1 Å². The molecule has 2 amide bonds. The van der Waals surface area contributed by atoms with Crippen molar-refractivity contribution in [3.63, 3.8) is 0 Å². The lowest BCUT2D eigenvalue weighted by Crippen LogP contribution is -2.42. The summed E-state index contributed by atoms with van der Waals surface area (Å²) in [6.45, 7) is 3.20. The average molecular weight is 615 g/mol. The standard InChI is InChI=1S/C31H24F2N6O4S/c1-3-44(42,43)19-12-13-20(23(33)14-19)27-24(29-34-15-17(2)16-39(29)38-27)30(40)37-28-31(41)36-26-21(10-7-11-22(26)32)25(35-28)18-8-5-4-6-9-18/h4-16,28H,3H2,1-2H3,(H,36,41)(H,37,40)/t28-/m1/s1. The van der Waals surface area contributed by atoms with Gasteiger partial charge >= 0.3 is 0 Å². The molecule has 0 saturated heterocycles. The molecular formula is C31H24F2N6O4S. The number of anilines is 1. The zero-order valence-electron chi connectivity index (χ0n) is 23.4. The lowest BCUT2D eigenvalue weighted by atomic mass is 10.0. The van der Waals surface area contributed by atoms with Crippen molar-refractivity contribution in [2.75, 3.05) is 11.1 Å². The number of benzene rings is 3. The van der Waals surface area contributed by atoms with Crippen molar-refractivity contribution in [3.8, 4) is 11.3 Å². The van der Waals surface area contributed by atoms with Crippen molar-refractivity contribution in [2.45, 2.75) is 24.9 Å². The number of fused-ring (bicyclic) bond motifs is 2. The average Bonchev–Trinajstić information content (AvgIpc) is 3.31. The molecule has 0 bridgehead atoms. The Morgan fingerprint density at radius 2 is 1.80 bits per heavy atom. The lowest BCUT2D eigenvalue weighted by Gasteiger charge is -2.14. The minimum atomic E-state index is -3.70. The first-order chi connectivity index (χ1) is 21.1. The molecule has 222 valence electrons. The molecule has 0 fully saturated rings. The van der Waals surface area contributed by atoms with Gasteiger partial charge in [0.25, 0.3) is 11.8 Å². The van der Waals surface area contributed by atoms with Gasteiger partial charge in [0.2, 0.25) is 6.17 Å². The van der Waals surface area contributed by atoms with Crippen molar-refractivity contribution in [1.29, 1.82) is 0 Å². The number of carbonyl (C=O) groups excluding carboxylic acids is 2. The van der Waals surface area contributed by atoms with E-state index in [1.54, 1.807) is 49.5 Å². The van der Waals surface area contributed by atoms with Gasteiger partial charge in [0.05, 0.1) is 22.0 Å². The van der Waals surface area contributed by atoms with Crippen molar-refractivity contribution in [1.82, 2.24) is 19.9 Å². The van der Waals surface area contributed by atoms with Crippen LogP contribution in [0, 0.1) is 18.6 Å². The van der Waals surface area contributed by atoms with Crippen LogP contribution < -0.4 is 10.6 Å². The van der Waals surface area contributed by atoms with Crippen LogP contribution in [0.25, 0.3) is 16.9 Å². The second kappa shape index (κ2) is 11.1. The van der Waals surface area contributed by atoms with Crippen LogP contribution in [-0.2, 0) is 14.6 Å². The zero-order chi connectivity index (χ0) is 31.2. The number of aromatic nitrogens is 3. The molecule has 5 aromatic rings. The van der Waals surface area contributed by atoms with E-state index in [2.05, 4.69) is 25.7 Å². The Labute approximate surface area is 250 Å². The van der Waals surface area contributed by atoms with E-state index < -0.39 is 39.5 Å². The highest BCUT2D eigenvalue weighted by atomic mass is 32.2. The van der Waals surface area contributed by atoms with Crippen LogP contribution in [0.5, 0.6) is 0 Å². The second-order valence-corrected chi connectivity index (χ2v) is 12.3. The van der Waals surface area contributed by atoms with E-state index >= 15 is 4.39 Å². The van der Waals surface area contributed by atoms with Crippen molar-refractivity contribution in [3.05, 3.63) is 113 Å². The number of benzodiazepines with no additional fused rings is 1. The first-order valence-corrected chi connectivity index (χ1v) is 15.1. The monoisotopic (exact) mass is 614 g/mol. The molecule has 1 atom stereocenters. The number of halogens is 2. The van der Waals surface area contributed by atoms with E-state index in [0.717, 1.165) is 6.07 Å². The summed E-state index contributed by atoms with van der Waals surface area (Å²) < 4.78 is 56.3. The minimum absolute atomic E-state index is 0.0587.